The first-order chi connectivity index (χ1) is 11.1. The molecule has 0 bridgehead atoms. The number of rotatable bonds is 7. The fraction of sp³-hybridized carbons (Fsp3) is 0.250. The predicted molar refractivity (Wildman–Crippen MR) is 88.6 cm³/mol. The lowest BCUT2D eigenvalue weighted by atomic mass is 10.2. The molecule has 2 heterocycles. The molecular formula is C16H18N4O2S. The number of hydrogen-bond acceptors (Lipinski definition) is 5. The molecule has 1 aromatic carbocycles. The first-order valence-corrected chi connectivity index (χ1v) is 9.18. The van der Waals surface area contributed by atoms with Gasteiger partial charge in [0.05, 0.1) is 17.7 Å². The van der Waals surface area contributed by atoms with Crippen LogP contribution in [0.25, 0.3) is 5.65 Å². The van der Waals surface area contributed by atoms with Gasteiger partial charge in [0.1, 0.15) is 0 Å². The van der Waals surface area contributed by atoms with Crippen LogP contribution in [0.2, 0.25) is 0 Å². The average molecular weight is 330 g/mol. The van der Waals surface area contributed by atoms with Gasteiger partial charge in [-0.05, 0) is 5.56 Å². The summed E-state index contributed by atoms with van der Waals surface area (Å²) in [4.78, 5) is 4.27. The summed E-state index contributed by atoms with van der Waals surface area (Å²) in [5.74, 6) is 0.190. The van der Waals surface area contributed by atoms with Crippen molar-refractivity contribution in [2.75, 3.05) is 12.3 Å². The van der Waals surface area contributed by atoms with Gasteiger partial charge in [0.25, 0.3) is 0 Å². The van der Waals surface area contributed by atoms with Crippen LogP contribution in [0.5, 0.6) is 0 Å². The Morgan fingerprint density at radius 1 is 1.09 bits per heavy atom. The van der Waals surface area contributed by atoms with E-state index in [1.165, 1.54) is 0 Å². The van der Waals surface area contributed by atoms with E-state index < -0.39 is 9.84 Å². The van der Waals surface area contributed by atoms with E-state index in [0.717, 1.165) is 16.8 Å². The van der Waals surface area contributed by atoms with Crippen molar-refractivity contribution in [2.45, 2.75) is 12.3 Å². The zero-order chi connectivity index (χ0) is 16.1. The first kappa shape index (κ1) is 15.6. The molecule has 0 aliphatic heterocycles. The van der Waals surface area contributed by atoms with Crippen LogP contribution in [0.3, 0.4) is 0 Å². The van der Waals surface area contributed by atoms with E-state index in [0.29, 0.717) is 13.1 Å². The molecule has 23 heavy (non-hydrogen) atoms. The number of benzene rings is 1. The number of fused-ring (bicyclic) bond motifs is 1. The second-order valence-corrected chi connectivity index (χ2v) is 7.53. The van der Waals surface area contributed by atoms with Crippen LogP contribution in [0.1, 0.15) is 11.1 Å². The summed E-state index contributed by atoms with van der Waals surface area (Å²) in [6.45, 7) is 0.968. The Kier molecular flexibility index (Phi) is 4.68. The highest BCUT2D eigenvalue weighted by Gasteiger charge is 2.11. The van der Waals surface area contributed by atoms with Crippen LogP contribution in [0.15, 0.2) is 55.0 Å². The van der Waals surface area contributed by atoms with Gasteiger partial charge in [0.15, 0.2) is 15.5 Å². The van der Waals surface area contributed by atoms with E-state index >= 15 is 0 Å². The highest BCUT2D eigenvalue weighted by molar-refractivity contribution is 7.90. The van der Waals surface area contributed by atoms with Crippen LogP contribution in [-0.2, 0) is 22.1 Å². The molecule has 0 atom stereocenters. The number of nitrogens with one attached hydrogen (secondary N) is 1. The van der Waals surface area contributed by atoms with Crippen LogP contribution >= 0.6 is 0 Å². The molecule has 0 saturated heterocycles. The second-order valence-electron chi connectivity index (χ2n) is 5.35. The third kappa shape index (κ3) is 4.37. The fourth-order valence-electron chi connectivity index (χ4n) is 2.30. The van der Waals surface area contributed by atoms with E-state index in [-0.39, 0.29) is 11.5 Å². The summed E-state index contributed by atoms with van der Waals surface area (Å²) >= 11 is 0. The largest absolute Gasteiger partial charge is 0.312 e. The Labute approximate surface area is 135 Å². The third-order valence-corrected chi connectivity index (χ3v) is 5.05. The summed E-state index contributed by atoms with van der Waals surface area (Å²) in [5, 5.41) is 7.26. The Morgan fingerprint density at radius 2 is 1.91 bits per heavy atom. The monoisotopic (exact) mass is 330 g/mol. The zero-order valence-corrected chi connectivity index (χ0v) is 13.4. The standard InChI is InChI=1S/C16H18N4O2S/c21-23(22,13-14-4-2-1-3-5-14)9-8-17-10-15-11-18-16-6-7-19-20(16)12-15/h1-7,11-12,17H,8-10,13H2. The predicted octanol–water partition coefficient (Wildman–Crippen LogP) is 1.43. The molecule has 0 radical (unpaired) electrons. The van der Waals surface area contributed by atoms with Gasteiger partial charge >= 0.3 is 0 Å². The van der Waals surface area contributed by atoms with Gasteiger partial charge in [-0.2, -0.15) is 5.10 Å². The van der Waals surface area contributed by atoms with E-state index in [2.05, 4.69) is 15.4 Å². The van der Waals surface area contributed by atoms with Crippen LogP contribution in [0, 0.1) is 0 Å². The summed E-state index contributed by atoms with van der Waals surface area (Å²) in [6, 6.07) is 11.1. The summed E-state index contributed by atoms with van der Waals surface area (Å²) in [5.41, 5.74) is 2.57. The molecule has 120 valence electrons. The summed E-state index contributed by atoms with van der Waals surface area (Å²) < 4.78 is 25.9. The van der Waals surface area contributed by atoms with E-state index in [1.54, 1.807) is 16.9 Å². The SMILES string of the molecule is O=S(=O)(CCNCc1cnc2ccnn2c1)Cc1ccccc1. The quantitative estimate of drug-likeness (QED) is 0.663. The van der Waals surface area contributed by atoms with Gasteiger partial charge in [0, 0.05) is 37.1 Å². The number of sulfone groups is 1. The van der Waals surface area contributed by atoms with E-state index in [4.69, 9.17) is 0 Å². The normalized spacial score (nSPS) is 11.8. The molecule has 0 aliphatic carbocycles. The van der Waals surface area contributed by atoms with Gasteiger partial charge in [-0.25, -0.2) is 17.9 Å². The van der Waals surface area contributed by atoms with Gasteiger partial charge in [-0.15, -0.1) is 0 Å². The number of hydrogen-bond donors (Lipinski definition) is 1. The van der Waals surface area contributed by atoms with Gasteiger partial charge < -0.3 is 5.32 Å². The minimum atomic E-state index is -3.11. The van der Waals surface area contributed by atoms with Crippen molar-refractivity contribution >= 4 is 15.5 Å². The third-order valence-electron chi connectivity index (χ3n) is 3.45. The van der Waals surface area contributed by atoms with Gasteiger partial charge in [0.2, 0.25) is 0 Å². The molecule has 3 rings (SSSR count). The number of aromatic nitrogens is 3. The molecule has 0 spiro atoms. The van der Waals surface area contributed by atoms with Crippen LogP contribution in [0.4, 0.5) is 0 Å². The molecule has 0 amide bonds. The van der Waals surface area contributed by atoms with Crippen molar-refractivity contribution in [1.82, 2.24) is 19.9 Å². The Hall–Kier alpha value is -2.25. The lowest BCUT2D eigenvalue weighted by Gasteiger charge is -2.07. The minimum Gasteiger partial charge on any atom is -0.312 e. The minimum absolute atomic E-state index is 0.0797. The molecule has 0 aliphatic rings. The molecule has 0 saturated carbocycles. The molecule has 0 fully saturated rings. The lowest BCUT2D eigenvalue weighted by molar-refractivity contribution is 0.589. The van der Waals surface area contributed by atoms with Gasteiger partial charge in [-0.1, -0.05) is 30.3 Å². The van der Waals surface area contributed by atoms with Crippen LogP contribution in [-0.4, -0.2) is 35.3 Å². The van der Waals surface area contributed by atoms with Gasteiger partial charge in [-0.3, -0.25) is 0 Å². The van der Waals surface area contributed by atoms with Crippen molar-refractivity contribution in [2.24, 2.45) is 0 Å². The maximum Gasteiger partial charge on any atom is 0.155 e. The van der Waals surface area contributed by atoms with E-state index in [1.807, 2.05) is 42.6 Å². The molecule has 6 nitrogen and oxygen atoms in total. The van der Waals surface area contributed by atoms with Crippen molar-refractivity contribution in [3.8, 4) is 0 Å². The molecule has 1 N–H and O–H groups in total. The maximum absolute atomic E-state index is 12.1. The van der Waals surface area contributed by atoms with Crippen LogP contribution < -0.4 is 5.32 Å². The average Bonchev–Trinajstić information content (AvgIpc) is 3.00. The number of nitrogens with zero attached hydrogens (tertiary/aromatic N) is 3. The Morgan fingerprint density at radius 3 is 2.74 bits per heavy atom. The van der Waals surface area contributed by atoms with E-state index in [9.17, 15) is 8.42 Å². The maximum atomic E-state index is 12.1. The topological polar surface area (TPSA) is 76.4 Å². The van der Waals surface area contributed by atoms with Crippen molar-refractivity contribution in [1.29, 1.82) is 0 Å². The molecule has 3 aromatic rings. The highest BCUT2D eigenvalue weighted by atomic mass is 32.2. The molecule has 2 aromatic heterocycles. The fourth-order valence-corrected chi connectivity index (χ4v) is 3.60. The highest BCUT2D eigenvalue weighted by Crippen LogP contribution is 2.06. The van der Waals surface area contributed by atoms with Crippen molar-refractivity contribution in [3.05, 3.63) is 66.1 Å². The Balaban J connectivity index is 1.48. The van der Waals surface area contributed by atoms with Crippen molar-refractivity contribution in [3.63, 3.8) is 0 Å². The smallest absolute Gasteiger partial charge is 0.155 e. The second kappa shape index (κ2) is 6.89. The summed E-state index contributed by atoms with van der Waals surface area (Å²) in [6.07, 6.45) is 5.34. The molecular weight excluding hydrogens is 312 g/mol. The first-order valence-electron chi connectivity index (χ1n) is 7.36. The molecule has 7 heteroatoms. The lowest BCUT2D eigenvalue weighted by Crippen LogP contribution is -2.23. The summed E-state index contributed by atoms with van der Waals surface area (Å²) in [7, 11) is -3.11. The van der Waals surface area contributed by atoms with Crippen molar-refractivity contribution < 1.29 is 8.42 Å². The Bertz CT molecular complexity index is 875. The zero-order valence-electron chi connectivity index (χ0n) is 12.6. The molecule has 0 unspecified atom stereocenters.